The quantitative estimate of drug-likeness (QED) is 0.644. The van der Waals surface area contributed by atoms with Gasteiger partial charge in [-0.05, 0) is 24.1 Å². The zero-order valence-corrected chi connectivity index (χ0v) is 16.8. The number of amides is 1. The van der Waals surface area contributed by atoms with Gasteiger partial charge in [-0.2, -0.15) is 0 Å². The molecule has 1 saturated heterocycles. The van der Waals surface area contributed by atoms with Gasteiger partial charge in [0, 0.05) is 26.1 Å². The van der Waals surface area contributed by atoms with Crippen LogP contribution in [-0.4, -0.2) is 57.2 Å². The van der Waals surface area contributed by atoms with Gasteiger partial charge in [0.05, 0.1) is 11.7 Å². The summed E-state index contributed by atoms with van der Waals surface area (Å²) in [7, 11) is 0. The topological polar surface area (TPSA) is 118 Å². The van der Waals surface area contributed by atoms with Crippen LogP contribution < -0.4 is 4.90 Å². The molecule has 1 amide bonds. The molecule has 3 N–H and O–H groups in total. The van der Waals surface area contributed by atoms with Gasteiger partial charge >= 0.3 is 11.9 Å². The molecule has 0 bridgehead atoms. The first-order chi connectivity index (χ1) is 14.3. The molecule has 2 aromatic rings. The Morgan fingerprint density at radius 3 is 2.17 bits per heavy atom. The van der Waals surface area contributed by atoms with Gasteiger partial charge in [-0.1, -0.05) is 49.4 Å². The third-order valence-corrected chi connectivity index (χ3v) is 4.76. The highest BCUT2D eigenvalue weighted by atomic mass is 16.4. The number of carbonyl (C=O) groups excluding carboxylic acids is 1. The van der Waals surface area contributed by atoms with Crippen LogP contribution in [0.25, 0.3) is 0 Å². The van der Waals surface area contributed by atoms with E-state index in [1.807, 2.05) is 25.1 Å². The molecule has 8 heteroatoms. The number of carbonyl (C=O) groups is 3. The molecule has 0 radical (unpaired) electrons. The molecule has 1 aliphatic rings. The number of phenolic OH excluding ortho intramolecular Hbond substituents is 1. The van der Waals surface area contributed by atoms with Crippen molar-refractivity contribution in [1.82, 2.24) is 4.90 Å². The van der Waals surface area contributed by atoms with Crippen LogP contribution in [0, 0.1) is 0 Å². The van der Waals surface area contributed by atoms with Crippen molar-refractivity contribution in [2.24, 2.45) is 0 Å². The summed E-state index contributed by atoms with van der Waals surface area (Å²) in [5, 5.41) is 25.0. The highest BCUT2D eigenvalue weighted by Gasteiger charge is 2.32. The third kappa shape index (κ3) is 6.31. The molecule has 0 saturated carbocycles. The molecule has 30 heavy (non-hydrogen) atoms. The average molecular weight is 414 g/mol. The molecule has 1 unspecified atom stereocenters. The van der Waals surface area contributed by atoms with Gasteiger partial charge < -0.3 is 20.2 Å². The van der Waals surface area contributed by atoms with Crippen molar-refractivity contribution in [3.63, 3.8) is 0 Å². The lowest BCUT2D eigenvalue weighted by molar-refractivity contribution is -0.159. The first-order valence-electron chi connectivity index (χ1n) is 9.66. The molecular weight excluding hydrogens is 388 g/mol. The molecule has 0 aromatic heterocycles. The summed E-state index contributed by atoms with van der Waals surface area (Å²) in [4.78, 5) is 34.9. The third-order valence-electron chi connectivity index (χ3n) is 4.76. The molecule has 2 aromatic carbocycles. The van der Waals surface area contributed by atoms with E-state index in [4.69, 9.17) is 19.8 Å². The highest BCUT2D eigenvalue weighted by molar-refractivity contribution is 6.27. The number of hydrogen-bond donors (Lipinski definition) is 3. The van der Waals surface area contributed by atoms with Gasteiger partial charge in [-0.3, -0.25) is 9.69 Å². The van der Waals surface area contributed by atoms with Gasteiger partial charge in [0.25, 0.3) is 0 Å². The zero-order valence-electron chi connectivity index (χ0n) is 16.8. The minimum Gasteiger partial charge on any atom is -0.506 e. The monoisotopic (exact) mass is 414 g/mol. The predicted molar refractivity (Wildman–Crippen MR) is 111 cm³/mol. The number of rotatable bonds is 5. The second-order valence-electron chi connectivity index (χ2n) is 6.88. The van der Waals surface area contributed by atoms with Crippen molar-refractivity contribution in [1.29, 1.82) is 0 Å². The Balaban J connectivity index is 0.000000469. The molecule has 1 fully saturated rings. The Labute approximate surface area is 175 Å². The molecule has 3 rings (SSSR count). The molecule has 160 valence electrons. The largest absolute Gasteiger partial charge is 0.506 e. The van der Waals surface area contributed by atoms with E-state index in [1.165, 1.54) is 5.56 Å². The summed E-state index contributed by atoms with van der Waals surface area (Å²) in [6.07, 6.45) is 1.36. The number of aromatic hydroxyl groups is 1. The number of nitrogens with zero attached hydrogens (tertiary/aromatic N) is 2. The van der Waals surface area contributed by atoms with Crippen LogP contribution in [-0.2, 0) is 20.9 Å². The van der Waals surface area contributed by atoms with Crippen LogP contribution in [0.15, 0.2) is 54.6 Å². The van der Waals surface area contributed by atoms with Gasteiger partial charge in [-0.15, -0.1) is 0 Å². The molecule has 8 nitrogen and oxygen atoms in total. The van der Waals surface area contributed by atoms with E-state index >= 15 is 0 Å². The summed E-state index contributed by atoms with van der Waals surface area (Å²) in [6, 6.07) is 17.6. The van der Waals surface area contributed by atoms with Crippen molar-refractivity contribution in [3.8, 4) is 5.75 Å². The Morgan fingerprint density at radius 2 is 1.60 bits per heavy atom. The minimum absolute atomic E-state index is 0.0584. The van der Waals surface area contributed by atoms with Crippen molar-refractivity contribution in [2.75, 3.05) is 18.0 Å². The molecule has 1 atom stereocenters. The smallest absolute Gasteiger partial charge is 0.414 e. The molecule has 0 spiro atoms. The van der Waals surface area contributed by atoms with E-state index in [0.717, 1.165) is 26.1 Å². The summed E-state index contributed by atoms with van der Waals surface area (Å²) >= 11 is 0. The number of carboxylic acid groups (broad SMARTS) is 2. The summed E-state index contributed by atoms with van der Waals surface area (Å²) < 4.78 is 0. The molecule has 1 heterocycles. The van der Waals surface area contributed by atoms with Gasteiger partial charge in [-0.25, -0.2) is 9.59 Å². The van der Waals surface area contributed by atoms with E-state index in [2.05, 4.69) is 29.2 Å². The lowest BCUT2D eigenvalue weighted by Gasteiger charge is -2.29. The second kappa shape index (κ2) is 11.0. The average Bonchev–Trinajstić information content (AvgIpc) is 3.18. The van der Waals surface area contributed by atoms with E-state index in [9.17, 15) is 9.90 Å². The first kappa shape index (κ1) is 22.9. The number of para-hydroxylation sites is 2. The maximum absolute atomic E-state index is 12.5. The Kier molecular flexibility index (Phi) is 8.37. The van der Waals surface area contributed by atoms with Crippen LogP contribution in [0.2, 0.25) is 0 Å². The number of hydrogen-bond acceptors (Lipinski definition) is 5. The van der Waals surface area contributed by atoms with Crippen LogP contribution in [0.4, 0.5) is 5.69 Å². The highest BCUT2D eigenvalue weighted by Crippen LogP contribution is 2.31. The molecular formula is C22H26N2O6. The maximum Gasteiger partial charge on any atom is 0.414 e. The van der Waals surface area contributed by atoms with Crippen LogP contribution in [0.3, 0.4) is 0 Å². The fourth-order valence-corrected chi connectivity index (χ4v) is 3.38. The van der Waals surface area contributed by atoms with Crippen molar-refractivity contribution >= 4 is 23.5 Å². The number of anilines is 1. The van der Waals surface area contributed by atoms with Crippen molar-refractivity contribution in [2.45, 2.75) is 32.4 Å². The number of benzene rings is 2. The van der Waals surface area contributed by atoms with E-state index < -0.39 is 11.9 Å². The van der Waals surface area contributed by atoms with Crippen molar-refractivity contribution < 1.29 is 29.7 Å². The predicted octanol–water partition coefficient (Wildman–Crippen LogP) is 2.57. The summed E-state index contributed by atoms with van der Waals surface area (Å²) in [6.45, 7) is 4.55. The second-order valence-corrected chi connectivity index (χ2v) is 6.88. The van der Waals surface area contributed by atoms with Gasteiger partial charge in [0.15, 0.2) is 0 Å². The standard InChI is InChI=1S/C20H24N2O2.C2H2O4/c1-2-20(24)22(18-10-6-7-11-19(18)23)17-12-13-21(15-17)14-16-8-4-3-5-9-16;3-1(4)2(5)6/h3-11,17,23H,2,12-15H2,1H3;(H,3,4)(H,5,6). The fourth-order valence-electron chi connectivity index (χ4n) is 3.38. The molecule has 0 aliphatic carbocycles. The zero-order chi connectivity index (χ0) is 22.1. The Morgan fingerprint density at radius 1 is 1.00 bits per heavy atom. The van der Waals surface area contributed by atoms with E-state index in [-0.39, 0.29) is 17.7 Å². The van der Waals surface area contributed by atoms with Crippen LogP contribution in [0.5, 0.6) is 5.75 Å². The van der Waals surface area contributed by atoms with E-state index in [0.29, 0.717) is 12.1 Å². The lowest BCUT2D eigenvalue weighted by Crippen LogP contribution is -2.42. The number of phenols is 1. The number of carboxylic acids is 2. The van der Waals surface area contributed by atoms with Gasteiger partial charge in [0.1, 0.15) is 5.75 Å². The maximum atomic E-state index is 12.5. The normalized spacial score (nSPS) is 15.7. The summed E-state index contributed by atoms with van der Waals surface area (Å²) in [5.74, 6) is -3.42. The van der Waals surface area contributed by atoms with Crippen molar-refractivity contribution in [3.05, 3.63) is 60.2 Å². The van der Waals surface area contributed by atoms with E-state index in [1.54, 1.807) is 17.0 Å². The Bertz CT molecular complexity index is 859. The number of aliphatic carboxylic acids is 2. The fraction of sp³-hybridized carbons (Fsp3) is 0.318. The van der Waals surface area contributed by atoms with Gasteiger partial charge in [0.2, 0.25) is 5.91 Å². The lowest BCUT2D eigenvalue weighted by atomic mass is 10.1. The summed E-state index contributed by atoms with van der Waals surface area (Å²) in [5.41, 5.74) is 1.91. The minimum atomic E-state index is -1.82. The van der Waals surface area contributed by atoms with Crippen LogP contribution >= 0.6 is 0 Å². The van der Waals surface area contributed by atoms with Crippen LogP contribution in [0.1, 0.15) is 25.3 Å². The Hall–Kier alpha value is -3.39. The first-order valence-corrected chi connectivity index (χ1v) is 9.66. The number of likely N-dealkylation sites (tertiary alicyclic amines) is 1. The molecule has 1 aliphatic heterocycles. The SMILES string of the molecule is CCC(=O)N(c1ccccc1O)C1CCN(Cc2ccccc2)C1.O=C(O)C(=O)O.